The Hall–Kier alpha value is -4.87. The fraction of sp³-hybridized carbons (Fsp3) is 0.300. The third-order valence-corrected chi connectivity index (χ3v) is 6.80. The number of halogens is 2. The summed E-state index contributed by atoms with van der Waals surface area (Å²) in [4.78, 5) is 25.1. The molecular weight excluding hydrogens is 563 g/mol. The summed E-state index contributed by atoms with van der Waals surface area (Å²) in [5, 5.41) is 23.9. The van der Waals surface area contributed by atoms with Gasteiger partial charge >= 0.3 is 6.09 Å². The number of aromatic amines is 1. The number of ether oxygens (including phenoxy) is 2. The average Bonchev–Trinajstić information content (AvgIpc) is 3.67. The summed E-state index contributed by atoms with van der Waals surface area (Å²) in [7, 11) is 1.60. The SMILES string of the molecule is C#Cc1cc(-c2cnn(C)c2-c2c(F)c(Cl)cc(OC3CC3)c2C#N)cc2c(CNC(=O)OC(C)(C)C)n[nH]c(=O)c12. The molecule has 0 spiro atoms. The van der Waals surface area contributed by atoms with Crippen LogP contribution in [0.5, 0.6) is 5.75 Å². The van der Waals surface area contributed by atoms with Crippen LogP contribution in [0.2, 0.25) is 5.02 Å². The molecule has 1 amide bonds. The van der Waals surface area contributed by atoms with E-state index in [0.29, 0.717) is 22.2 Å². The zero-order valence-electron chi connectivity index (χ0n) is 23.3. The molecule has 0 radical (unpaired) electrons. The van der Waals surface area contributed by atoms with Crippen LogP contribution in [-0.2, 0) is 18.3 Å². The number of fused-ring (bicyclic) bond motifs is 1. The molecule has 2 aromatic carbocycles. The molecule has 0 saturated heterocycles. The lowest BCUT2D eigenvalue weighted by Crippen LogP contribution is -2.32. The summed E-state index contributed by atoms with van der Waals surface area (Å²) in [5.41, 5.74) is 0.352. The number of nitriles is 1. The number of aryl methyl sites for hydroxylation is 1. The van der Waals surface area contributed by atoms with Crippen LogP contribution in [0.3, 0.4) is 0 Å². The van der Waals surface area contributed by atoms with E-state index in [2.05, 4.69) is 32.6 Å². The number of amides is 1. The molecule has 2 N–H and O–H groups in total. The van der Waals surface area contributed by atoms with Gasteiger partial charge in [-0.05, 0) is 51.3 Å². The van der Waals surface area contributed by atoms with Crippen molar-refractivity contribution in [2.24, 2.45) is 7.05 Å². The predicted molar refractivity (Wildman–Crippen MR) is 154 cm³/mol. The Bertz CT molecular complexity index is 1890. The molecule has 0 unspecified atom stereocenters. The van der Waals surface area contributed by atoms with Crippen LogP contribution in [0.1, 0.15) is 50.4 Å². The standard InChI is InChI=1S/C30H26ClFN6O4/c1-6-15-9-16(10-18-22(36-37-28(39)24(15)18)14-34-29(40)42-30(2,3)4)20-13-35-38(5)27(20)25-19(12-33)23(41-17-7-8-17)11-21(31)26(25)32/h1,9-11,13,17H,7-8,14H2,2-5H3,(H,34,40)(H,37,39). The van der Waals surface area contributed by atoms with Gasteiger partial charge in [-0.1, -0.05) is 17.5 Å². The van der Waals surface area contributed by atoms with Gasteiger partial charge in [0, 0.05) is 29.6 Å². The van der Waals surface area contributed by atoms with Gasteiger partial charge in [-0.15, -0.1) is 6.42 Å². The van der Waals surface area contributed by atoms with Gasteiger partial charge in [-0.25, -0.2) is 14.3 Å². The molecule has 1 aliphatic carbocycles. The van der Waals surface area contributed by atoms with Crippen molar-refractivity contribution < 1.29 is 18.7 Å². The Balaban J connectivity index is 1.69. The highest BCUT2D eigenvalue weighted by atomic mass is 35.5. The summed E-state index contributed by atoms with van der Waals surface area (Å²) in [6, 6.07) is 6.62. The van der Waals surface area contributed by atoms with E-state index in [0.717, 1.165) is 12.8 Å². The van der Waals surface area contributed by atoms with Crippen molar-refractivity contribution >= 4 is 28.5 Å². The first-order chi connectivity index (χ1) is 19.9. The molecule has 42 heavy (non-hydrogen) atoms. The number of terminal acetylenes is 1. The summed E-state index contributed by atoms with van der Waals surface area (Å²) in [5.74, 6) is 1.91. The zero-order valence-corrected chi connectivity index (χ0v) is 24.0. The monoisotopic (exact) mass is 588 g/mol. The van der Waals surface area contributed by atoms with E-state index in [1.165, 1.54) is 16.9 Å². The molecule has 2 heterocycles. The van der Waals surface area contributed by atoms with Crippen molar-refractivity contribution in [2.45, 2.75) is 51.9 Å². The molecule has 0 atom stereocenters. The first kappa shape index (κ1) is 28.7. The highest BCUT2D eigenvalue weighted by Gasteiger charge is 2.30. The normalized spacial score (nSPS) is 13.0. The van der Waals surface area contributed by atoms with Crippen LogP contribution in [0, 0.1) is 29.5 Å². The van der Waals surface area contributed by atoms with E-state index in [-0.39, 0.29) is 51.2 Å². The minimum atomic E-state index is -0.806. The molecule has 2 aromatic heterocycles. The number of rotatable bonds is 6. The van der Waals surface area contributed by atoms with Crippen LogP contribution >= 0.6 is 11.6 Å². The number of aromatic nitrogens is 4. The Kier molecular flexibility index (Phi) is 7.40. The van der Waals surface area contributed by atoms with E-state index < -0.39 is 23.1 Å². The molecule has 10 nitrogen and oxygen atoms in total. The maximum Gasteiger partial charge on any atom is 0.407 e. The van der Waals surface area contributed by atoms with Gasteiger partial charge in [0.05, 0.1) is 46.2 Å². The fourth-order valence-corrected chi connectivity index (χ4v) is 4.76. The van der Waals surface area contributed by atoms with Gasteiger partial charge in [-0.3, -0.25) is 9.48 Å². The summed E-state index contributed by atoms with van der Waals surface area (Å²) in [6.07, 6.45) is 8.25. The minimum Gasteiger partial charge on any atom is -0.489 e. The van der Waals surface area contributed by atoms with Gasteiger partial charge in [0.25, 0.3) is 5.56 Å². The van der Waals surface area contributed by atoms with Gasteiger partial charge < -0.3 is 14.8 Å². The highest BCUT2D eigenvalue weighted by Crippen LogP contribution is 2.43. The summed E-state index contributed by atoms with van der Waals surface area (Å²) in [6.45, 7) is 5.12. The summed E-state index contributed by atoms with van der Waals surface area (Å²) >= 11 is 6.27. The minimum absolute atomic E-state index is 0.0213. The average molecular weight is 589 g/mol. The first-order valence-electron chi connectivity index (χ1n) is 13.0. The Morgan fingerprint density at radius 2 is 2.07 bits per heavy atom. The van der Waals surface area contributed by atoms with Crippen LogP contribution in [0.4, 0.5) is 9.18 Å². The van der Waals surface area contributed by atoms with Crippen LogP contribution in [0.15, 0.2) is 29.2 Å². The number of H-pyrrole nitrogens is 1. The lowest BCUT2D eigenvalue weighted by atomic mass is 9.93. The number of hydrogen-bond donors (Lipinski definition) is 2. The van der Waals surface area contributed by atoms with Crippen molar-refractivity contribution in [1.29, 1.82) is 5.26 Å². The number of nitrogens with one attached hydrogen (secondary N) is 2. The van der Waals surface area contributed by atoms with Crippen molar-refractivity contribution in [2.75, 3.05) is 0 Å². The van der Waals surface area contributed by atoms with Gasteiger partial charge in [0.15, 0.2) is 5.82 Å². The van der Waals surface area contributed by atoms with E-state index in [4.69, 9.17) is 27.5 Å². The third-order valence-electron chi connectivity index (χ3n) is 6.52. The second-order valence-corrected chi connectivity index (χ2v) is 11.2. The predicted octanol–water partition coefficient (Wildman–Crippen LogP) is 5.20. The fourth-order valence-electron chi connectivity index (χ4n) is 4.56. The first-order valence-corrected chi connectivity index (χ1v) is 13.4. The van der Waals surface area contributed by atoms with Crippen molar-refractivity contribution in [3.8, 4) is 46.5 Å². The number of hydrogen-bond acceptors (Lipinski definition) is 7. The molecule has 1 aliphatic rings. The molecular formula is C30H26ClFN6O4. The number of carbonyl (C=O) groups is 1. The maximum atomic E-state index is 15.7. The molecule has 5 rings (SSSR count). The maximum absolute atomic E-state index is 15.7. The van der Waals surface area contributed by atoms with Gasteiger partial charge in [-0.2, -0.15) is 15.5 Å². The van der Waals surface area contributed by atoms with Crippen molar-refractivity contribution in [1.82, 2.24) is 25.3 Å². The number of nitrogens with zero attached hydrogens (tertiary/aromatic N) is 4. The second-order valence-electron chi connectivity index (χ2n) is 10.8. The lowest BCUT2D eigenvalue weighted by molar-refractivity contribution is 0.0523. The zero-order chi connectivity index (χ0) is 30.3. The third kappa shape index (κ3) is 5.52. The van der Waals surface area contributed by atoms with E-state index in [9.17, 15) is 14.9 Å². The number of benzene rings is 2. The van der Waals surface area contributed by atoms with Crippen LogP contribution in [-0.4, -0.2) is 37.8 Å². The molecule has 0 bridgehead atoms. The van der Waals surface area contributed by atoms with Gasteiger partial charge in [0.1, 0.15) is 23.0 Å². The highest BCUT2D eigenvalue weighted by molar-refractivity contribution is 6.31. The van der Waals surface area contributed by atoms with Crippen LogP contribution in [0.25, 0.3) is 33.2 Å². The van der Waals surface area contributed by atoms with Crippen molar-refractivity contribution in [3.63, 3.8) is 0 Å². The second kappa shape index (κ2) is 10.8. The number of alkyl carbamates (subject to hydrolysis) is 1. The van der Waals surface area contributed by atoms with Gasteiger partial charge in [0.2, 0.25) is 0 Å². The largest absolute Gasteiger partial charge is 0.489 e. The molecule has 214 valence electrons. The quantitative estimate of drug-likeness (QED) is 0.295. The van der Waals surface area contributed by atoms with E-state index in [1.54, 1.807) is 40.0 Å². The topological polar surface area (TPSA) is 135 Å². The Morgan fingerprint density at radius 3 is 2.71 bits per heavy atom. The van der Waals surface area contributed by atoms with Crippen LogP contribution < -0.4 is 15.6 Å². The molecule has 4 aromatic rings. The molecule has 0 aliphatic heterocycles. The number of carbonyl (C=O) groups excluding carboxylic acids is 1. The Labute approximate surface area is 245 Å². The molecule has 1 fully saturated rings. The summed E-state index contributed by atoms with van der Waals surface area (Å²) < 4.78 is 28.3. The lowest BCUT2D eigenvalue weighted by Gasteiger charge is -2.19. The smallest absolute Gasteiger partial charge is 0.407 e. The molecule has 1 saturated carbocycles. The van der Waals surface area contributed by atoms with E-state index in [1.807, 2.05) is 0 Å². The Morgan fingerprint density at radius 1 is 1.33 bits per heavy atom. The molecule has 12 heteroatoms. The van der Waals surface area contributed by atoms with E-state index >= 15 is 4.39 Å². The van der Waals surface area contributed by atoms with Crippen molar-refractivity contribution in [3.05, 3.63) is 62.4 Å².